The fourth-order valence-corrected chi connectivity index (χ4v) is 3.00. The highest BCUT2D eigenvalue weighted by Crippen LogP contribution is 2.31. The predicted octanol–water partition coefficient (Wildman–Crippen LogP) is 3.45. The van der Waals surface area contributed by atoms with Crippen LogP contribution in [0.5, 0.6) is 0 Å². The van der Waals surface area contributed by atoms with Crippen molar-refractivity contribution in [1.29, 1.82) is 0 Å². The first-order valence-corrected chi connectivity index (χ1v) is 7.99. The molecule has 3 aromatic rings. The number of benzene rings is 1. The largest absolute Gasteiger partial charge is 0.310 e. The first-order valence-electron chi connectivity index (χ1n) is 6.01. The van der Waals surface area contributed by atoms with E-state index in [1.807, 2.05) is 6.26 Å². The van der Waals surface area contributed by atoms with E-state index in [9.17, 15) is 4.79 Å². The standard InChI is InChI=1S/C13H10Cl2N4OS/c1-6-16-11-9(12(20)17-6)13(21-2)18-19(11)8-5-3-4-7(14)10(8)15/h3-5H,1-2H3,(H,16,17,20). The summed E-state index contributed by atoms with van der Waals surface area (Å²) < 4.78 is 1.55. The maximum absolute atomic E-state index is 12.2. The molecule has 0 saturated heterocycles. The third-order valence-corrected chi connectivity index (χ3v) is 4.46. The lowest BCUT2D eigenvalue weighted by Gasteiger charge is -2.06. The maximum Gasteiger partial charge on any atom is 0.263 e. The fourth-order valence-electron chi connectivity index (χ4n) is 2.07. The fraction of sp³-hybridized carbons (Fsp3) is 0.154. The zero-order valence-corrected chi connectivity index (χ0v) is 13.5. The normalized spacial score (nSPS) is 11.2. The Labute approximate surface area is 134 Å². The molecule has 2 heterocycles. The zero-order chi connectivity index (χ0) is 15.1. The van der Waals surface area contributed by atoms with Crippen LogP contribution in [0, 0.1) is 6.92 Å². The minimum Gasteiger partial charge on any atom is -0.310 e. The lowest BCUT2D eigenvalue weighted by Crippen LogP contribution is -2.10. The monoisotopic (exact) mass is 340 g/mol. The summed E-state index contributed by atoms with van der Waals surface area (Å²) in [5.74, 6) is 0.513. The van der Waals surface area contributed by atoms with Crippen molar-refractivity contribution in [3.05, 3.63) is 44.4 Å². The van der Waals surface area contributed by atoms with E-state index in [0.29, 0.717) is 37.6 Å². The molecule has 0 spiro atoms. The van der Waals surface area contributed by atoms with Gasteiger partial charge in [0, 0.05) is 0 Å². The Bertz CT molecular complexity index is 903. The molecule has 108 valence electrons. The molecule has 1 aromatic carbocycles. The quantitative estimate of drug-likeness (QED) is 0.725. The van der Waals surface area contributed by atoms with Gasteiger partial charge in [0.15, 0.2) is 5.65 Å². The molecule has 2 aromatic heterocycles. The molecule has 0 aliphatic heterocycles. The van der Waals surface area contributed by atoms with E-state index in [0.717, 1.165) is 0 Å². The van der Waals surface area contributed by atoms with Crippen molar-refractivity contribution in [1.82, 2.24) is 19.7 Å². The second-order valence-electron chi connectivity index (χ2n) is 4.34. The van der Waals surface area contributed by atoms with Crippen LogP contribution in [-0.4, -0.2) is 26.0 Å². The molecule has 0 radical (unpaired) electrons. The number of hydrogen-bond acceptors (Lipinski definition) is 4. The smallest absolute Gasteiger partial charge is 0.263 e. The van der Waals surface area contributed by atoms with Gasteiger partial charge in [-0.05, 0) is 25.3 Å². The number of hydrogen-bond donors (Lipinski definition) is 1. The van der Waals surface area contributed by atoms with Crippen molar-refractivity contribution in [2.24, 2.45) is 0 Å². The van der Waals surface area contributed by atoms with E-state index < -0.39 is 0 Å². The predicted molar refractivity (Wildman–Crippen MR) is 86.0 cm³/mol. The lowest BCUT2D eigenvalue weighted by molar-refractivity contribution is 0.849. The minimum atomic E-state index is -0.216. The van der Waals surface area contributed by atoms with Crippen LogP contribution in [0.25, 0.3) is 16.7 Å². The number of fused-ring (bicyclic) bond motifs is 1. The van der Waals surface area contributed by atoms with Gasteiger partial charge in [0.1, 0.15) is 16.2 Å². The van der Waals surface area contributed by atoms with E-state index in [4.69, 9.17) is 23.2 Å². The van der Waals surface area contributed by atoms with Crippen LogP contribution in [-0.2, 0) is 0 Å². The Kier molecular flexibility index (Phi) is 3.69. The van der Waals surface area contributed by atoms with Crippen LogP contribution in [0.1, 0.15) is 5.82 Å². The van der Waals surface area contributed by atoms with Crippen LogP contribution in [0.2, 0.25) is 10.0 Å². The van der Waals surface area contributed by atoms with Crippen molar-refractivity contribution in [2.75, 3.05) is 6.26 Å². The minimum absolute atomic E-state index is 0.216. The van der Waals surface area contributed by atoms with Gasteiger partial charge in [0.25, 0.3) is 5.56 Å². The Morgan fingerprint density at radius 2 is 2.10 bits per heavy atom. The van der Waals surface area contributed by atoms with E-state index >= 15 is 0 Å². The third-order valence-electron chi connectivity index (χ3n) is 2.98. The van der Waals surface area contributed by atoms with Crippen molar-refractivity contribution in [3.63, 3.8) is 0 Å². The SMILES string of the molecule is CSc1nn(-c2cccc(Cl)c2Cl)c2nc(C)[nH]c(=O)c12. The van der Waals surface area contributed by atoms with Gasteiger partial charge in [0.2, 0.25) is 0 Å². The van der Waals surface area contributed by atoms with Crippen LogP contribution in [0.15, 0.2) is 28.0 Å². The average Bonchev–Trinajstić information content (AvgIpc) is 2.80. The Morgan fingerprint density at radius 1 is 1.33 bits per heavy atom. The Balaban J connectivity index is 2.43. The van der Waals surface area contributed by atoms with Gasteiger partial charge < -0.3 is 4.98 Å². The molecular formula is C13H10Cl2N4OS. The second-order valence-corrected chi connectivity index (χ2v) is 5.92. The summed E-state index contributed by atoms with van der Waals surface area (Å²) in [7, 11) is 0. The van der Waals surface area contributed by atoms with Gasteiger partial charge >= 0.3 is 0 Å². The van der Waals surface area contributed by atoms with Crippen molar-refractivity contribution < 1.29 is 0 Å². The number of aromatic nitrogens is 4. The highest BCUT2D eigenvalue weighted by molar-refractivity contribution is 7.98. The topological polar surface area (TPSA) is 63.6 Å². The lowest BCUT2D eigenvalue weighted by atomic mass is 10.3. The molecule has 21 heavy (non-hydrogen) atoms. The van der Waals surface area contributed by atoms with Gasteiger partial charge in [0.05, 0.1) is 15.7 Å². The molecule has 0 aliphatic carbocycles. The molecule has 3 rings (SSSR count). The molecule has 0 aliphatic rings. The van der Waals surface area contributed by atoms with Crippen LogP contribution in [0.3, 0.4) is 0 Å². The summed E-state index contributed by atoms with van der Waals surface area (Å²) in [4.78, 5) is 19.2. The summed E-state index contributed by atoms with van der Waals surface area (Å²) in [5.41, 5.74) is 0.836. The molecule has 0 bridgehead atoms. The molecule has 1 N–H and O–H groups in total. The molecule has 0 saturated carbocycles. The van der Waals surface area contributed by atoms with Gasteiger partial charge in [-0.2, -0.15) is 5.10 Å². The van der Waals surface area contributed by atoms with E-state index in [-0.39, 0.29) is 5.56 Å². The van der Waals surface area contributed by atoms with Crippen LogP contribution in [0.4, 0.5) is 0 Å². The average molecular weight is 341 g/mol. The summed E-state index contributed by atoms with van der Waals surface area (Å²) in [6, 6.07) is 5.25. The highest BCUT2D eigenvalue weighted by Gasteiger charge is 2.18. The number of rotatable bonds is 2. The number of H-pyrrole nitrogens is 1. The van der Waals surface area contributed by atoms with Crippen LogP contribution < -0.4 is 5.56 Å². The van der Waals surface area contributed by atoms with Crippen molar-refractivity contribution in [2.45, 2.75) is 11.9 Å². The van der Waals surface area contributed by atoms with E-state index in [1.54, 1.807) is 29.8 Å². The van der Waals surface area contributed by atoms with Gasteiger partial charge in [-0.1, -0.05) is 29.3 Å². The number of nitrogens with zero attached hydrogens (tertiary/aromatic N) is 3. The van der Waals surface area contributed by atoms with Crippen molar-refractivity contribution in [3.8, 4) is 5.69 Å². The molecule has 5 nitrogen and oxygen atoms in total. The number of halogens is 2. The summed E-state index contributed by atoms with van der Waals surface area (Å²) in [5, 5.41) is 6.27. The first kappa shape index (κ1) is 14.4. The summed E-state index contributed by atoms with van der Waals surface area (Å²) in [6.45, 7) is 1.72. The van der Waals surface area contributed by atoms with E-state index in [1.165, 1.54) is 11.8 Å². The Hall–Kier alpha value is -1.50. The summed E-state index contributed by atoms with van der Waals surface area (Å²) in [6.07, 6.45) is 1.85. The maximum atomic E-state index is 12.2. The molecule has 0 unspecified atom stereocenters. The Morgan fingerprint density at radius 3 is 2.81 bits per heavy atom. The first-order chi connectivity index (χ1) is 10.0. The summed E-state index contributed by atoms with van der Waals surface area (Å²) >= 11 is 13.7. The van der Waals surface area contributed by atoms with Gasteiger partial charge in [-0.25, -0.2) is 9.67 Å². The van der Waals surface area contributed by atoms with Crippen molar-refractivity contribution >= 4 is 46.0 Å². The second kappa shape index (κ2) is 5.36. The zero-order valence-electron chi connectivity index (χ0n) is 11.1. The van der Waals surface area contributed by atoms with Gasteiger partial charge in [-0.15, -0.1) is 11.8 Å². The third kappa shape index (κ3) is 2.33. The number of thioether (sulfide) groups is 1. The number of nitrogens with one attached hydrogen (secondary N) is 1. The molecular weight excluding hydrogens is 331 g/mol. The number of aromatic amines is 1. The molecule has 0 amide bonds. The highest BCUT2D eigenvalue weighted by atomic mass is 35.5. The molecule has 8 heteroatoms. The number of aryl methyl sites for hydroxylation is 1. The van der Waals surface area contributed by atoms with Gasteiger partial charge in [-0.3, -0.25) is 4.79 Å². The molecule has 0 fully saturated rings. The molecule has 0 atom stereocenters. The van der Waals surface area contributed by atoms with Crippen LogP contribution >= 0.6 is 35.0 Å². The van der Waals surface area contributed by atoms with E-state index in [2.05, 4.69) is 15.1 Å².